The van der Waals surface area contributed by atoms with Gasteiger partial charge in [-0.05, 0) is 46.8 Å². The molecule has 0 unspecified atom stereocenters. The van der Waals surface area contributed by atoms with Gasteiger partial charge in [-0.15, -0.1) is 0 Å². The van der Waals surface area contributed by atoms with E-state index in [1.54, 1.807) is 55.5 Å². The summed E-state index contributed by atoms with van der Waals surface area (Å²) < 4.78 is 76.0. The molecule has 1 saturated heterocycles. The van der Waals surface area contributed by atoms with Crippen LogP contribution < -0.4 is 5.32 Å². The van der Waals surface area contributed by atoms with Crippen LogP contribution >= 0.6 is 0 Å². The molecule has 0 saturated carbocycles. The number of hydrogen-bond acceptors (Lipinski definition) is 6. The van der Waals surface area contributed by atoms with E-state index in [2.05, 4.69) is 4.98 Å². The normalized spacial score (nSPS) is 18.4. The Morgan fingerprint density at radius 1 is 1.14 bits per heavy atom. The van der Waals surface area contributed by atoms with Gasteiger partial charge in [0, 0.05) is 37.4 Å². The van der Waals surface area contributed by atoms with Gasteiger partial charge in [-0.3, -0.25) is 19.6 Å². The molecular formula is C23H29F5N4O4. The van der Waals surface area contributed by atoms with E-state index >= 15 is 0 Å². The second-order valence-corrected chi connectivity index (χ2v) is 10.1. The lowest BCUT2D eigenvalue weighted by molar-refractivity contribution is -0.278. The molecular weight excluding hydrogens is 491 g/mol. The van der Waals surface area contributed by atoms with Crippen molar-refractivity contribution in [3.8, 4) is 0 Å². The minimum absolute atomic E-state index is 0.0339. The van der Waals surface area contributed by atoms with E-state index in [0.29, 0.717) is 11.3 Å². The molecule has 1 N–H and O–H groups in total. The average molecular weight is 520 g/mol. The zero-order valence-electron chi connectivity index (χ0n) is 20.6. The molecule has 1 atom stereocenters. The largest absolute Gasteiger partial charge is 0.459 e. The summed E-state index contributed by atoms with van der Waals surface area (Å²) in [7, 11) is 0. The Hall–Kier alpha value is -2.96. The number of fused-ring (bicyclic) bond motifs is 1. The van der Waals surface area contributed by atoms with Crippen LogP contribution in [0.15, 0.2) is 28.9 Å². The topological polar surface area (TPSA) is 87.9 Å². The quantitative estimate of drug-likeness (QED) is 0.592. The standard InChI is InChI=1S/C23H29F5N4O4/c1-20(2,3)36-19(34)32-9-8-31(12-15(32)18(33)30-13-22(24,25)23(26,27)28)21(4,5)17-10-14-11-29-7-6-16(14)35-17/h6-7,10-11,15H,8-9,12-13H2,1-5H3,(H,30,33)/t15-/m0/s1. The molecule has 3 heterocycles. The van der Waals surface area contributed by atoms with Crippen LogP contribution in [0.2, 0.25) is 0 Å². The number of furan rings is 1. The van der Waals surface area contributed by atoms with Gasteiger partial charge in [-0.25, -0.2) is 4.79 Å². The average Bonchev–Trinajstić information content (AvgIpc) is 3.20. The number of nitrogens with zero attached hydrogens (tertiary/aromatic N) is 3. The molecule has 200 valence electrons. The van der Waals surface area contributed by atoms with Crippen LogP contribution in [-0.4, -0.2) is 76.7 Å². The summed E-state index contributed by atoms with van der Waals surface area (Å²) in [5.74, 6) is -5.76. The number of aromatic nitrogens is 1. The predicted octanol–water partition coefficient (Wildman–Crippen LogP) is 4.30. The van der Waals surface area contributed by atoms with Crippen molar-refractivity contribution in [2.75, 3.05) is 26.2 Å². The molecule has 1 aliphatic heterocycles. The Morgan fingerprint density at radius 2 is 1.81 bits per heavy atom. The number of rotatable bonds is 5. The zero-order chi connectivity index (χ0) is 27.1. The molecule has 0 aliphatic carbocycles. The zero-order valence-corrected chi connectivity index (χ0v) is 20.6. The van der Waals surface area contributed by atoms with Crippen molar-refractivity contribution in [3.05, 3.63) is 30.3 Å². The summed E-state index contributed by atoms with van der Waals surface area (Å²) in [5.41, 5.74) is -1.16. The van der Waals surface area contributed by atoms with E-state index in [1.165, 1.54) is 0 Å². The van der Waals surface area contributed by atoms with Gasteiger partial charge in [0.25, 0.3) is 0 Å². The van der Waals surface area contributed by atoms with E-state index in [0.717, 1.165) is 10.3 Å². The van der Waals surface area contributed by atoms with Crippen LogP contribution in [-0.2, 0) is 15.1 Å². The number of carbonyl (C=O) groups excluding carboxylic acids is 2. The minimum atomic E-state index is -5.83. The maximum absolute atomic E-state index is 13.5. The van der Waals surface area contributed by atoms with E-state index in [1.807, 2.05) is 13.8 Å². The van der Waals surface area contributed by atoms with Gasteiger partial charge < -0.3 is 14.5 Å². The molecule has 0 radical (unpaired) electrons. The number of nitrogens with one attached hydrogen (secondary N) is 1. The SMILES string of the molecule is CC(C)(C)OC(=O)N1CCN(C(C)(C)c2cc3cnccc3o2)C[C@H]1C(=O)NCC(F)(F)C(F)(F)F. The highest BCUT2D eigenvalue weighted by atomic mass is 19.4. The third-order valence-corrected chi connectivity index (χ3v) is 5.92. The molecule has 13 heteroatoms. The van der Waals surface area contributed by atoms with Gasteiger partial charge in [-0.2, -0.15) is 22.0 Å². The minimum Gasteiger partial charge on any atom is -0.459 e. The number of alkyl halides is 5. The first kappa shape index (κ1) is 27.6. The molecule has 36 heavy (non-hydrogen) atoms. The van der Waals surface area contributed by atoms with Crippen molar-refractivity contribution in [1.82, 2.24) is 20.1 Å². The van der Waals surface area contributed by atoms with Crippen LogP contribution in [0.25, 0.3) is 11.0 Å². The molecule has 3 rings (SSSR count). The molecule has 1 fully saturated rings. The fourth-order valence-electron chi connectivity index (χ4n) is 3.81. The summed E-state index contributed by atoms with van der Waals surface area (Å²) in [6, 6.07) is 2.08. The molecule has 0 bridgehead atoms. The number of halogens is 5. The fourth-order valence-corrected chi connectivity index (χ4v) is 3.81. The number of hydrogen-bond donors (Lipinski definition) is 1. The maximum Gasteiger partial charge on any atom is 0.455 e. The predicted molar refractivity (Wildman–Crippen MR) is 119 cm³/mol. The first-order chi connectivity index (χ1) is 16.4. The lowest BCUT2D eigenvalue weighted by Gasteiger charge is -2.46. The van der Waals surface area contributed by atoms with E-state index in [-0.39, 0.29) is 19.6 Å². The highest BCUT2D eigenvalue weighted by Gasteiger charge is 2.57. The number of ether oxygens (including phenoxy) is 1. The molecule has 0 aromatic carbocycles. The van der Waals surface area contributed by atoms with Crippen molar-refractivity contribution < 1.29 is 40.7 Å². The molecule has 2 aromatic rings. The van der Waals surface area contributed by atoms with Gasteiger partial charge in [0.05, 0.1) is 12.1 Å². The van der Waals surface area contributed by atoms with Crippen LogP contribution in [0.4, 0.5) is 26.7 Å². The number of carbonyl (C=O) groups is 2. The Balaban J connectivity index is 1.86. The first-order valence-corrected chi connectivity index (χ1v) is 11.2. The van der Waals surface area contributed by atoms with Crippen molar-refractivity contribution in [3.63, 3.8) is 0 Å². The highest BCUT2D eigenvalue weighted by Crippen LogP contribution is 2.36. The lowest BCUT2D eigenvalue weighted by atomic mass is 9.96. The second kappa shape index (κ2) is 9.49. The first-order valence-electron chi connectivity index (χ1n) is 11.2. The van der Waals surface area contributed by atoms with Crippen molar-refractivity contribution in [1.29, 1.82) is 0 Å². The third kappa shape index (κ3) is 5.88. The Labute approximate surface area is 204 Å². The van der Waals surface area contributed by atoms with Crippen molar-refractivity contribution in [2.24, 2.45) is 0 Å². The van der Waals surface area contributed by atoms with Gasteiger partial charge in [-0.1, -0.05) is 0 Å². The third-order valence-electron chi connectivity index (χ3n) is 5.92. The highest BCUT2D eigenvalue weighted by molar-refractivity contribution is 5.86. The van der Waals surface area contributed by atoms with E-state index < -0.39 is 47.8 Å². The van der Waals surface area contributed by atoms with Crippen LogP contribution in [0.3, 0.4) is 0 Å². The molecule has 8 nitrogen and oxygen atoms in total. The number of piperazine rings is 1. The Morgan fingerprint density at radius 3 is 2.39 bits per heavy atom. The maximum atomic E-state index is 13.5. The van der Waals surface area contributed by atoms with Gasteiger partial charge in [0.1, 0.15) is 23.0 Å². The van der Waals surface area contributed by atoms with Crippen molar-refractivity contribution in [2.45, 2.75) is 63.9 Å². The van der Waals surface area contributed by atoms with Crippen LogP contribution in [0, 0.1) is 0 Å². The molecule has 2 amide bonds. The van der Waals surface area contributed by atoms with Crippen LogP contribution in [0.1, 0.15) is 40.4 Å². The summed E-state index contributed by atoms with van der Waals surface area (Å²) in [6.45, 7) is 6.57. The van der Waals surface area contributed by atoms with Gasteiger partial charge in [0.15, 0.2) is 0 Å². The summed E-state index contributed by atoms with van der Waals surface area (Å²) >= 11 is 0. The monoisotopic (exact) mass is 520 g/mol. The fraction of sp³-hybridized carbons (Fsp3) is 0.609. The van der Waals surface area contributed by atoms with Gasteiger partial charge in [0.2, 0.25) is 5.91 Å². The summed E-state index contributed by atoms with van der Waals surface area (Å²) in [6.07, 6.45) is -3.52. The second-order valence-electron chi connectivity index (χ2n) is 10.1. The molecule has 2 aromatic heterocycles. The van der Waals surface area contributed by atoms with Gasteiger partial charge >= 0.3 is 18.2 Å². The number of amides is 2. The van der Waals surface area contributed by atoms with Crippen LogP contribution in [0.5, 0.6) is 0 Å². The lowest BCUT2D eigenvalue weighted by Crippen LogP contribution is -2.64. The van der Waals surface area contributed by atoms with E-state index in [4.69, 9.17) is 9.15 Å². The smallest absolute Gasteiger partial charge is 0.455 e. The molecule has 1 aliphatic rings. The molecule has 0 spiro atoms. The Bertz CT molecular complexity index is 1080. The number of pyridine rings is 1. The Kier molecular flexibility index (Phi) is 7.28. The van der Waals surface area contributed by atoms with E-state index in [9.17, 15) is 31.5 Å². The summed E-state index contributed by atoms with van der Waals surface area (Å²) in [5, 5.41) is 2.41. The summed E-state index contributed by atoms with van der Waals surface area (Å²) in [4.78, 5) is 32.6. The van der Waals surface area contributed by atoms with Crippen molar-refractivity contribution >= 4 is 23.0 Å².